The van der Waals surface area contributed by atoms with Gasteiger partial charge in [0.15, 0.2) is 0 Å². The first kappa shape index (κ1) is 29.6. The Hall–Kier alpha value is -1.65. The molecule has 2 rings (SSSR count). The van der Waals surface area contributed by atoms with Crippen molar-refractivity contribution in [1.29, 1.82) is 0 Å². The Morgan fingerprint density at radius 3 is 2.00 bits per heavy atom. The zero-order valence-electron chi connectivity index (χ0n) is 20.2. The van der Waals surface area contributed by atoms with E-state index in [0.717, 1.165) is 61.4 Å². The van der Waals surface area contributed by atoms with Crippen molar-refractivity contribution < 1.29 is 27.8 Å². The Morgan fingerprint density at radius 2 is 1.46 bits per heavy atom. The van der Waals surface area contributed by atoms with Crippen LogP contribution in [0.25, 0.3) is 0 Å². The highest BCUT2D eigenvalue weighted by Crippen LogP contribution is 2.53. The Balaban J connectivity index is 1.45. The molecule has 0 radical (unpaired) electrons. The molecular weight excluding hydrogens is 572 g/mol. The van der Waals surface area contributed by atoms with E-state index in [1.54, 1.807) is 6.07 Å². The molecule has 1 aromatic carbocycles. The minimum Gasteiger partial charge on any atom is -0.492 e. The lowest BCUT2D eigenvalue weighted by atomic mass is 10.0. The number of benzene rings is 1. The fourth-order valence-electron chi connectivity index (χ4n) is 3.83. The minimum absolute atomic E-state index is 0.00227. The number of rotatable bonds is 19. The maximum absolute atomic E-state index is 13.2. The lowest BCUT2D eigenvalue weighted by Gasteiger charge is -2.16. The number of ether oxygens (including phenoxy) is 1. The predicted octanol–water partition coefficient (Wildman–Crippen LogP) is 8.95. The zero-order valence-corrected chi connectivity index (χ0v) is 22.3. The molecule has 0 aliphatic carbocycles. The van der Waals surface area contributed by atoms with E-state index in [9.17, 15) is 18.0 Å². The minimum atomic E-state index is -4.53. The molecule has 0 unspecified atom stereocenters. The third-order valence-corrected chi connectivity index (χ3v) is 6.87. The largest absolute Gasteiger partial charge is 0.492 e. The number of halogens is 4. The van der Waals surface area contributed by atoms with Crippen molar-refractivity contribution in [3.63, 3.8) is 0 Å². The average molecular weight is 608 g/mol. The molecule has 0 aromatic heterocycles. The second-order valence-electron chi connectivity index (χ2n) is 8.95. The van der Waals surface area contributed by atoms with Crippen molar-refractivity contribution >= 4 is 28.6 Å². The predicted molar refractivity (Wildman–Crippen MR) is 139 cm³/mol. The van der Waals surface area contributed by atoms with Gasteiger partial charge in [0.2, 0.25) is 0 Å². The van der Waals surface area contributed by atoms with E-state index >= 15 is 0 Å². The van der Waals surface area contributed by atoms with Gasteiger partial charge in [0.1, 0.15) is 5.75 Å². The summed E-state index contributed by atoms with van der Waals surface area (Å²) in [5.41, 5.74) is -2.41. The van der Waals surface area contributed by atoms with Crippen LogP contribution < -0.4 is 4.74 Å². The van der Waals surface area contributed by atoms with Crippen LogP contribution in [0.5, 0.6) is 5.75 Å². The highest BCUT2D eigenvalue weighted by molar-refractivity contribution is 14.1. The average Bonchev–Trinajstić information content (AvgIpc) is 3.61. The van der Waals surface area contributed by atoms with Crippen LogP contribution in [0.1, 0.15) is 95.5 Å². The molecule has 0 saturated carbocycles. The smallest absolute Gasteiger partial charge is 0.442 e. The van der Waals surface area contributed by atoms with Crippen LogP contribution in [0.3, 0.4) is 0 Å². The SMILES string of the molecule is O=C(O)CCCCCCC/C=C/CCCCCCCCOc1cc(C2(C(F)(F)F)N=N2)ccc1I. The molecule has 0 bridgehead atoms. The van der Waals surface area contributed by atoms with Crippen molar-refractivity contribution in [1.82, 2.24) is 0 Å². The van der Waals surface area contributed by atoms with E-state index in [0.29, 0.717) is 12.4 Å². The molecule has 1 N–H and O–H groups in total. The van der Waals surface area contributed by atoms with Gasteiger partial charge >= 0.3 is 17.8 Å². The fourth-order valence-corrected chi connectivity index (χ4v) is 4.32. The highest BCUT2D eigenvalue weighted by Gasteiger charge is 2.65. The lowest BCUT2D eigenvalue weighted by Crippen LogP contribution is -2.30. The van der Waals surface area contributed by atoms with Crippen molar-refractivity contribution in [3.05, 3.63) is 39.5 Å². The normalized spacial score (nSPS) is 14.5. The maximum Gasteiger partial charge on any atom is 0.442 e. The van der Waals surface area contributed by atoms with Gasteiger partial charge in [-0.25, -0.2) is 0 Å². The molecular formula is C26H36F3IN2O3. The molecule has 0 atom stereocenters. The molecule has 0 fully saturated rings. The molecule has 9 heteroatoms. The highest BCUT2D eigenvalue weighted by atomic mass is 127. The molecule has 35 heavy (non-hydrogen) atoms. The number of nitrogens with zero attached hydrogens (tertiary/aromatic N) is 2. The Kier molecular flexibility index (Phi) is 13.1. The summed E-state index contributed by atoms with van der Waals surface area (Å²) in [6.07, 6.45) is 14.3. The number of carboxylic acids is 1. The molecule has 0 spiro atoms. The summed E-state index contributed by atoms with van der Waals surface area (Å²) in [7, 11) is 0. The van der Waals surface area contributed by atoms with Crippen molar-refractivity contribution in [2.45, 2.75) is 102 Å². The maximum atomic E-state index is 13.2. The summed E-state index contributed by atoms with van der Waals surface area (Å²) in [5, 5.41) is 15.1. The number of alkyl halides is 3. The molecule has 5 nitrogen and oxygen atoms in total. The van der Waals surface area contributed by atoms with Gasteiger partial charge in [0.05, 0.1) is 10.2 Å². The Labute approximate surface area is 219 Å². The van der Waals surface area contributed by atoms with Gasteiger partial charge in [-0.1, -0.05) is 63.2 Å². The van der Waals surface area contributed by atoms with Crippen LogP contribution in [0.2, 0.25) is 0 Å². The molecule has 1 aromatic rings. The third-order valence-electron chi connectivity index (χ3n) is 5.98. The van der Waals surface area contributed by atoms with E-state index < -0.39 is 17.8 Å². The van der Waals surface area contributed by atoms with Gasteiger partial charge < -0.3 is 9.84 Å². The van der Waals surface area contributed by atoms with Crippen LogP contribution >= 0.6 is 22.6 Å². The van der Waals surface area contributed by atoms with E-state index in [-0.39, 0.29) is 12.0 Å². The number of allylic oxidation sites excluding steroid dienone is 2. The van der Waals surface area contributed by atoms with Crippen molar-refractivity contribution in [2.75, 3.05) is 6.61 Å². The zero-order chi connectivity index (χ0) is 25.6. The number of carboxylic acid groups (broad SMARTS) is 1. The van der Waals surface area contributed by atoms with Crippen molar-refractivity contribution in [3.8, 4) is 5.75 Å². The second-order valence-corrected chi connectivity index (χ2v) is 10.1. The monoisotopic (exact) mass is 608 g/mol. The summed E-state index contributed by atoms with van der Waals surface area (Å²) in [6.45, 7) is 0.481. The number of hydrogen-bond donors (Lipinski definition) is 1. The second kappa shape index (κ2) is 15.5. The summed E-state index contributed by atoms with van der Waals surface area (Å²) >= 11 is 2.06. The quantitative estimate of drug-likeness (QED) is 0.0969. The number of unbranched alkanes of at least 4 members (excludes halogenated alkanes) is 11. The molecule has 1 aliphatic rings. The van der Waals surface area contributed by atoms with Gasteiger partial charge in [-0.3, -0.25) is 4.79 Å². The van der Waals surface area contributed by atoms with E-state index in [1.807, 2.05) is 0 Å². The van der Waals surface area contributed by atoms with E-state index in [1.165, 1.54) is 37.8 Å². The number of carbonyl (C=O) groups is 1. The molecule has 196 valence electrons. The number of hydrogen-bond acceptors (Lipinski definition) is 4. The third kappa shape index (κ3) is 10.9. The summed E-state index contributed by atoms with van der Waals surface area (Å²) in [5.74, 6) is -0.252. The molecule has 0 amide bonds. The van der Waals surface area contributed by atoms with Crippen molar-refractivity contribution in [2.24, 2.45) is 10.2 Å². The first-order valence-corrected chi connectivity index (χ1v) is 13.6. The first-order valence-electron chi connectivity index (χ1n) is 12.6. The Morgan fingerprint density at radius 1 is 0.914 bits per heavy atom. The fraction of sp³-hybridized carbons (Fsp3) is 0.654. The summed E-state index contributed by atoms with van der Waals surface area (Å²) < 4.78 is 46.1. The standard InChI is InChI=1S/C26H36F3IN2O3/c27-26(28,29)25(31-32-25)21-17-18-22(30)23(20-21)35-19-15-13-11-9-7-5-3-1-2-4-6-8-10-12-14-16-24(33)34/h1-2,17-18,20H,3-16,19H2,(H,33,34)/b2-1+. The molecule has 1 heterocycles. The van der Waals surface area contributed by atoms with E-state index in [2.05, 4.69) is 45.0 Å². The topological polar surface area (TPSA) is 71.2 Å². The summed E-state index contributed by atoms with van der Waals surface area (Å²) in [4.78, 5) is 10.4. The number of aliphatic carboxylic acids is 1. The molecule has 1 aliphatic heterocycles. The first-order chi connectivity index (χ1) is 16.8. The van der Waals surface area contributed by atoms with Crippen LogP contribution in [-0.2, 0) is 10.5 Å². The van der Waals surface area contributed by atoms with Gasteiger partial charge in [-0.15, -0.1) is 10.2 Å². The van der Waals surface area contributed by atoms with Gasteiger partial charge in [-0.05, 0) is 73.2 Å². The van der Waals surface area contributed by atoms with Gasteiger partial charge in [0, 0.05) is 12.0 Å². The van der Waals surface area contributed by atoms with Gasteiger partial charge in [0.25, 0.3) is 0 Å². The van der Waals surface area contributed by atoms with Crippen LogP contribution in [0.15, 0.2) is 40.6 Å². The van der Waals surface area contributed by atoms with Gasteiger partial charge in [-0.2, -0.15) is 13.2 Å². The van der Waals surface area contributed by atoms with Crippen LogP contribution in [0, 0.1) is 3.57 Å². The summed E-state index contributed by atoms with van der Waals surface area (Å²) in [6, 6.07) is 4.43. The van der Waals surface area contributed by atoms with Crippen LogP contribution in [0.4, 0.5) is 13.2 Å². The lowest BCUT2D eigenvalue weighted by molar-refractivity contribution is -0.166. The van der Waals surface area contributed by atoms with Crippen LogP contribution in [-0.4, -0.2) is 23.9 Å². The Bertz CT molecular complexity index is 838. The van der Waals surface area contributed by atoms with E-state index in [4.69, 9.17) is 9.84 Å². The molecule has 0 saturated heterocycles.